The Morgan fingerprint density at radius 1 is 1.44 bits per heavy atom. The Kier molecular flexibility index (Phi) is 3.20. The summed E-state index contributed by atoms with van der Waals surface area (Å²) in [5.74, 6) is 0. The summed E-state index contributed by atoms with van der Waals surface area (Å²) in [6.45, 7) is 2.17. The molecule has 1 aliphatic rings. The van der Waals surface area contributed by atoms with Gasteiger partial charge in [-0.15, -0.1) is 0 Å². The highest BCUT2D eigenvalue weighted by Gasteiger charge is 2.40. The number of hydrogen-bond donors (Lipinski definition) is 2. The van der Waals surface area contributed by atoms with Crippen molar-refractivity contribution in [3.63, 3.8) is 0 Å². The van der Waals surface area contributed by atoms with Crippen molar-refractivity contribution >= 4 is 5.69 Å². The summed E-state index contributed by atoms with van der Waals surface area (Å²) in [6.07, 6.45) is 5.00. The van der Waals surface area contributed by atoms with Gasteiger partial charge in [-0.05, 0) is 37.3 Å². The zero-order chi connectivity index (χ0) is 11.6. The lowest BCUT2D eigenvalue weighted by Gasteiger charge is -2.32. The molecule has 3 N–H and O–H groups in total. The molecule has 2 rings (SSSR count). The van der Waals surface area contributed by atoms with E-state index in [-0.39, 0.29) is 11.5 Å². The second-order valence-corrected chi connectivity index (χ2v) is 5.00. The van der Waals surface area contributed by atoms with Gasteiger partial charge in [0.05, 0.1) is 6.10 Å². The summed E-state index contributed by atoms with van der Waals surface area (Å²) in [5, 5.41) is 10.2. The number of aliphatic hydroxyl groups excluding tert-OH is 1. The van der Waals surface area contributed by atoms with Gasteiger partial charge in [0.2, 0.25) is 0 Å². The van der Waals surface area contributed by atoms with Gasteiger partial charge in [-0.1, -0.05) is 31.5 Å². The fourth-order valence-corrected chi connectivity index (χ4v) is 2.94. The molecule has 2 unspecified atom stereocenters. The van der Waals surface area contributed by atoms with Crippen molar-refractivity contribution in [3.05, 3.63) is 29.8 Å². The van der Waals surface area contributed by atoms with E-state index < -0.39 is 0 Å². The second-order valence-electron chi connectivity index (χ2n) is 5.00. The molecule has 1 saturated carbocycles. The molecule has 0 aliphatic heterocycles. The number of anilines is 1. The molecule has 0 aromatic heterocycles. The predicted molar refractivity (Wildman–Crippen MR) is 67.1 cm³/mol. The van der Waals surface area contributed by atoms with E-state index in [1.807, 2.05) is 18.2 Å². The van der Waals surface area contributed by atoms with Gasteiger partial charge in [0.25, 0.3) is 0 Å². The van der Waals surface area contributed by atoms with Gasteiger partial charge in [-0.2, -0.15) is 0 Å². The molecule has 2 heteroatoms. The molecule has 1 fully saturated rings. The van der Waals surface area contributed by atoms with Crippen molar-refractivity contribution in [2.75, 3.05) is 5.73 Å². The minimum Gasteiger partial charge on any atom is -0.399 e. The van der Waals surface area contributed by atoms with Crippen molar-refractivity contribution in [1.29, 1.82) is 0 Å². The molecule has 16 heavy (non-hydrogen) atoms. The molecule has 0 bridgehead atoms. The maximum Gasteiger partial charge on any atom is 0.0599 e. The molecule has 2 nitrogen and oxygen atoms in total. The Morgan fingerprint density at radius 2 is 2.19 bits per heavy atom. The van der Waals surface area contributed by atoms with Gasteiger partial charge in [-0.3, -0.25) is 0 Å². The van der Waals surface area contributed by atoms with Gasteiger partial charge < -0.3 is 10.8 Å². The van der Waals surface area contributed by atoms with Crippen molar-refractivity contribution < 1.29 is 5.11 Å². The van der Waals surface area contributed by atoms with Crippen LogP contribution in [0.15, 0.2) is 24.3 Å². The third kappa shape index (κ3) is 1.94. The van der Waals surface area contributed by atoms with Gasteiger partial charge in [0.15, 0.2) is 0 Å². The Labute approximate surface area is 97.5 Å². The van der Waals surface area contributed by atoms with Crippen LogP contribution in [0, 0.1) is 5.41 Å². The second kappa shape index (κ2) is 4.46. The van der Waals surface area contributed by atoms with E-state index in [1.165, 1.54) is 5.56 Å². The first-order valence-corrected chi connectivity index (χ1v) is 6.19. The normalized spacial score (nSPS) is 29.5. The Bertz CT molecular complexity index is 364. The number of hydrogen-bond acceptors (Lipinski definition) is 2. The van der Waals surface area contributed by atoms with Crippen LogP contribution in [0.5, 0.6) is 0 Å². The van der Waals surface area contributed by atoms with E-state index in [0.29, 0.717) is 0 Å². The SMILES string of the molecule is CCC1(Cc2ccccc2N)CCCC1O. The monoisotopic (exact) mass is 219 g/mol. The average molecular weight is 219 g/mol. The summed E-state index contributed by atoms with van der Waals surface area (Å²) < 4.78 is 0. The van der Waals surface area contributed by atoms with Gasteiger partial charge in [-0.25, -0.2) is 0 Å². The van der Waals surface area contributed by atoms with Crippen molar-refractivity contribution in [3.8, 4) is 0 Å². The molecular formula is C14H21NO. The topological polar surface area (TPSA) is 46.2 Å². The molecule has 0 radical (unpaired) electrons. The number of benzene rings is 1. The summed E-state index contributed by atoms with van der Waals surface area (Å²) in [4.78, 5) is 0. The van der Waals surface area contributed by atoms with E-state index in [9.17, 15) is 5.11 Å². The highest BCUT2D eigenvalue weighted by atomic mass is 16.3. The largest absolute Gasteiger partial charge is 0.399 e. The number of nitrogens with two attached hydrogens (primary N) is 1. The average Bonchev–Trinajstić information content (AvgIpc) is 2.64. The Hall–Kier alpha value is -1.02. The van der Waals surface area contributed by atoms with Crippen LogP contribution in [-0.2, 0) is 6.42 Å². The van der Waals surface area contributed by atoms with Crippen molar-refractivity contribution in [2.45, 2.75) is 45.1 Å². The molecule has 2 atom stereocenters. The molecule has 1 aliphatic carbocycles. The van der Waals surface area contributed by atoms with Crippen LogP contribution in [-0.4, -0.2) is 11.2 Å². The van der Waals surface area contributed by atoms with Crippen LogP contribution in [0.4, 0.5) is 5.69 Å². The van der Waals surface area contributed by atoms with Crippen molar-refractivity contribution in [2.24, 2.45) is 5.41 Å². The van der Waals surface area contributed by atoms with E-state index in [0.717, 1.165) is 37.8 Å². The summed E-state index contributed by atoms with van der Waals surface area (Å²) >= 11 is 0. The van der Waals surface area contributed by atoms with Crippen LogP contribution in [0.3, 0.4) is 0 Å². The summed E-state index contributed by atoms with van der Waals surface area (Å²) in [5.41, 5.74) is 8.08. The summed E-state index contributed by atoms with van der Waals surface area (Å²) in [6, 6.07) is 8.01. The van der Waals surface area contributed by atoms with Crippen molar-refractivity contribution in [1.82, 2.24) is 0 Å². The van der Waals surface area contributed by atoms with E-state index in [4.69, 9.17) is 5.73 Å². The lowest BCUT2D eigenvalue weighted by atomic mass is 9.76. The number of para-hydroxylation sites is 1. The minimum atomic E-state index is -0.155. The third-order valence-corrected chi connectivity index (χ3v) is 4.16. The van der Waals surface area contributed by atoms with Crippen LogP contribution >= 0.6 is 0 Å². The van der Waals surface area contributed by atoms with Crippen LogP contribution in [0.25, 0.3) is 0 Å². The third-order valence-electron chi connectivity index (χ3n) is 4.16. The Balaban J connectivity index is 2.22. The lowest BCUT2D eigenvalue weighted by Crippen LogP contribution is -2.31. The molecule has 0 spiro atoms. The highest BCUT2D eigenvalue weighted by molar-refractivity contribution is 5.47. The smallest absolute Gasteiger partial charge is 0.0599 e. The molecule has 88 valence electrons. The molecular weight excluding hydrogens is 198 g/mol. The first kappa shape index (κ1) is 11.5. The standard InChI is InChI=1S/C14H21NO/c1-2-14(9-5-8-13(14)16)10-11-6-3-4-7-12(11)15/h3-4,6-7,13,16H,2,5,8-10,15H2,1H3. The van der Waals surface area contributed by atoms with Crippen LogP contribution in [0.1, 0.15) is 38.2 Å². The lowest BCUT2D eigenvalue weighted by molar-refractivity contribution is 0.0495. The molecule has 0 amide bonds. The zero-order valence-electron chi connectivity index (χ0n) is 9.95. The highest BCUT2D eigenvalue weighted by Crippen LogP contribution is 2.44. The zero-order valence-corrected chi connectivity index (χ0v) is 9.95. The number of aliphatic hydroxyl groups is 1. The molecule has 1 aromatic rings. The Morgan fingerprint density at radius 3 is 2.75 bits per heavy atom. The minimum absolute atomic E-state index is 0.0650. The molecule has 1 aromatic carbocycles. The van der Waals surface area contributed by atoms with E-state index in [2.05, 4.69) is 13.0 Å². The number of rotatable bonds is 3. The predicted octanol–water partition coefficient (Wildman–Crippen LogP) is 2.75. The maximum absolute atomic E-state index is 10.2. The summed E-state index contributed by atoms with van der Waals surface area (Å²) in [7, 11) is 0. The van der Waals surface area contributed by atoms with E-state index in [1.54, 1.807) is 0 Å². The fraction of sp³-hybridized carbons (Fsp3) is 0.571. The van der Waals surface area contributed by atoms with Crippen LogP contribution in [0.2, 0.25) is 0 Å². The maximum atomic E-state index is 10.2. The quantitative estimate of drug-likeness (QED) is 0.768. The fourth-order valence-electron chi connectivity index (χ4n) is 2.94. The first-order valence-electron chi connectivity index (χ1n) is 6.19. The van der Waals surface area contributed by atoms with E-state index >= 15 is 0 Å². The van der Waals surface area contributed by atoms with Gasteiger partial charge in [0, 0.05) is 11.1 Å². The van der Waals surface area contributed by atoms with Gasteiger partial charge in [0.1, 0.15) is 0 Å². The first-order chi connectivity index (χ1) is 7.68. The molecule has 0 heterocycles. The van der Waals surface area contributed by atoms with Crippen LogP contribution < -0.4 is 5.73 Å². The van der Waals surface area contributed by atoms with Gasteiger partial charge >= 0.3 is 0 Å². The number of nitrogen functional groups attached to an aromatic ring is 1. The molecule has 0 saturated heterocycles.